The van der Waals surface area contributed by atoms with Gasteiger partial charge in [-0.05, 0) is 64.9 Å². The molecule has 0 N–H and O–H groups in total. The van der Waals surface area contributed by atoms with Crippen LogP contribution in [0.4, 0.5) is 5.69 Å². The van der Waals surface area contributed by atoms with E-state index in [0.717, 1.165) is 22.8 Å². The third kappa shape index (κ3) is 2.17. The van der Waals surface area contributed by atoms with Crippen LogP contribution in [0.15, 0.2) is 46.0 Å². The Morgan fingerprint density at radius 2 is 2.05 bits per heavy atom. The molecule has 0 aromatic heterocycles. The van der Waals surface area contributed by atoms with E-state index in [2.05, 4.69) is 28.1 Å². The summed E-state index contributed by atoms with van der Waals surface area (Å²) in [5.41, 5.74) is 3.51. The molecule has 1 aliphatic heterocycles. The van der Waals surface area contributed by atoms with Crippen LogP contribution in [-0.4, -0.2) is 18.7 Å². The van der Waals surface area contributed by atoms with E-state index in [1.807, 2.05) is 18.2 Å². The third-order valence-electron chi connectivity index (χ3n) is 4.78. The van der Waals surface area contributed by atoms with Crippen LogP contribution in [0, 0.1) is 11.8 Å². The molecule has 2 aliphatic carbocycles. The largest absolute Gasteiger partial charge is 0.307 e. The molecule has 1 aromatic rings. The number of aldehydes is 1. The lowest BCUT2D eigenvalue weighted by atomic mass is 9.89. The minimum atomic E-state index is 0.0532. The summed E-state index contributed by atoms with van der Waals surface area (Å²) in [6, 6.07) is 5.54. The Kier molecular flexibility index (Phi) is 3.30. The lowest BCUT2D eigenvalue weighted by Gasteiger charge is -2.18. The fraction of sp³-hybridized carbons (Fsp3) is 0.333. The van der Waals surface area contributed by atoms with Crippen molar-refractivity contribution in [3.05, 3.63) is 51.5 Å². The van der Waals surface area contributed by atoms with Crippen molar-refractivity contribution in [2.45, 2.75) is 19.3 Å². The highest BCUT2D eigenvalue weighted by atomic mass is 79.9. The van der Waals surface area contributed by atoms with Crippen LogP contribution in [0.2, 0.25) is 0 Å². The van der Waals surface area contributed by atoms with Gasteiger partial charge in [0, 0.05) is 22.5 Å². The summed E-state index contributed by atoms with van der Waals surface area (Å²) in [6.45, 7) is 0.663. The standard InChI is InChI=1S/C18H16BrNO2/c19-16-2-1-3-17(15(16)10-21)20-9-13-7-6-12(11-4-5-11)8-14(13)18(20)22/h1-3,6,8,10-11,13H,4-5,7,9H2. The van der Waals surface area contributed by atoms with E-state index >= 15 is 0 Å². The molecule has 0 spiro atoms. The van der Waals surface area contributed by atoms with Gasteiger partial charge in [-0.3, -0.25) is 9.59 Å². The molecule has 1 amide bonds. The van der Waals surface area contributed by atoms with Crippen LogP contribution in [0.3, 0.4) is 0 Å². The van der Waals surface area contributed by atoms with Crippen molar-refractivity contribution in [3.8, 4) is 0 Å². The number of benzene rings is 1. The normalized spacial score (nSPS) is 24.0. The number of carbonyl (C=O) groups is 2. The van der Waals surface area contributed by atoms with Crippen LogP contribution in [-0.2, 0) is 4.79 Å². The number of rotatable bonds is 3. The van der Waals surface area contributed by atoms with Gasteiger partial charge in [0.05, 0.1) is 11.3 Å². The van der Waals surface area contributed by atoms with Crippen molar-refractivity contribution in [2.24, 2.45) is 11.8 Å². The number of allylic oxidation sites excluding steroid dienone is 3. The van der Waals surface area contributed by atoms with Crippen molar-refractivity contribution >= 4 is 33.8 Å². The van der Waals surface area contributed by atoms with Crippen molar-refractivity contribution in [1.29, 1.82) is 0 Å². The predicted molar refractivity (Wildman–Crippen MR) is 88.9 cm³/mol. The van der Waals surface area contributed by atoms with Gasteiger partial charge >= 0.3 is 0 Å². The molecule has 1 atom stereocenters. The molecule has 0 radical (unpaired) electrons. The zero-order chi connectivity index (χ0) is 15.3. The second kappa shape index (κ2) is 5.20. The molecule has 3 nitrogen and oxygen atoms in total. The van der Waals surface area contributed by atoms with Crippen LogP contribution < -0.4 is 4.90 Å². The molecule has 1 saturated heterocycles. The second-order valence-corrected chi connectivity index (χ2v) is 7.07. The Labute approximate surface area is 137 Å². The highest BCUT2D eigenvalue weighted by molar-refractivity contribution is 9.10. The highest BCUT2D eigenvalue weighted by Gasteiger charge is 2.39. The third-order valence-corrected chi connectivity index (χ3v) is 5.47. The van der Waals surface area contributed by atoms with E-state index in [0.29, 0.717) is 23.7 Å². The first kappa shape index (κ1) is 13.9. The first-order valence-corrected chi connectivity index (χ1v) is 8.45. The van der Waals surface area contributed by atoms with Gasteiger partial charge in [-0.2, -0.15) is 0 Å². The maximum absolute atomic E-state index is 12.8. The topological polar surface area (TPSA) is 37.4 Å². The lowest BCUT2D eigenvalue weighted by Crippen LogP contribution is -2.26. The number of amides is 1. The summed E-state index contributed by atoms with van der Waals surface area (Å²) < 4.78 is 0.730. The average Bonchev–Trinajstić information content (AvgIpc) is 3.32. The number of anilines is 1. The number of hydrogen-bond donors (Lipinski definition) is 0. The predicted octanol–water partition coefficient (Wildman–Crippen LogP) is 3.89. The summed E-state index contributed by atoms with van der Waals surface area (Å²) in [5.74, 6) is 0.984. The van der Waals surface area contributed by atoms with E-state index in [9.17, 15) is 9.59 Å². The molecular weight excluding hydrogens is 342 g/mol. The highest BCUT2D eigenvalue weighted by Crippen LogP contribution is 2.43. The number of carbonyl (C=O) groups excluding carboxylic acids is 2. The molecule has 1 saturated carbocycles. The molecule has 1 unspecified atom stereocenters. The minimum Gasteiger partial charge on any atom is -0.307 e. The quantitative estimate of drug-likeness (QED) is 0.769. The van der Waals surface area contributed by atoms with Gasteiger partial charge in [0.25, 0.3) is 5.91 Å². The van der Waals surface area contributed by atoms with Crippen molar-refractivity contribution in [3.63, 3.8) is 0 Å². The second-order valence-electron chi connectivity index (χ2n) is 6.22. The lowest BCUT2D eigenvalue weighted by molar-refractivity contribution is -0.114. The fourth-order valence-corrected chi connectivity index (χ4v) is 3.87. The summed E-state index contributed by atoms with van der Waals surface area (Å²) >= 11 is 3.39. The molecular formula is C18H16BrNO2. The van der Waals surface area contributed by atoms with Gasteiger partial charge in [0.15, 0.2) is 6.29 Å². The molecule has 4 rings (SSSR count). The number of fused-ring (bicyclic) bond motifs is 1. The van der Waals surface area contributed by atoms with Crippen molar-refractivity contribution in [1.82, 2.24) is 0 Å². The van der Waals surface area contributed by atoms with E-state index in [1.165, 1.54) is 18.4 Å². The Morgan fingerprint density at radius 1 is 1.23 bits per heavy atom. The summed E-state index contributed by atoms with van der Waals surface area (Å²) in [4.78, 5) is 25.9. The molecule has 22 heavy (non-hydrogen) atoms. The Morgan fingerprint density at radius 3 is 2.77 bits per heavy atom. The number of nitrogens with zero attached hydrogens (tertiary/aromatic N) is 1. The molecule has 112 valence electrons. The zero-order valence-electron chi connectivity index (χ0n) is 12.1. The van der Waals surface area contributed by atoms with Gasteiger partial charge in [-0.15, -0.1) is 0 Å². The number of halogens is 1. The fourth-order valence-electron chi connectivity index (χ4n) is 3.42. The number of hydrogen-bond acceptors (Lipinski definition) is 2. The van der Waals surface area contributed by atoms with Crippen LogP contribution in [0.1, 0.15) is 29.6 Å². The van der Waals surface area contributed by atoms with Gasteiger partial charge in [0.2, 0.25) is 0 Å². The van der Waals surface area contributed by atoms with Crippen molar-refractivity contribution in [2.75, 3.05) is 11.4 Å². The Bertz CT molecular complexity index is 731. The molecule has 3 aliphatic rings. The van der Waals surface area contributed by atoms with Crippen LogP contribution >= 0.6 is 15.9 Å². The maximum atomic E-state index is 12.8. The monoisotopic (exact) mass is 357 g/mol. The maximum Gasteiger partial charge on any atom is 0.254 e. The van der Waals surface area contributed by atoms with E-state index in [-0.39, 0.29) is 11.8 Å². The van der Waals surface area contributed by atoms with Gasteiger partial charge in [-0.25, -0.2) is 0 Å². The first-order chi connectivity index (χ1) is 10.7. The molecule has 4 heteroatoms. The molecule has 1 heterocycles. The van der Waals surface area contributed by atoms with E-state index in [4.69, 9.17) is 0 Å². The smallest absolute Gasteiger partial charge is 0.254 e. The summed E-state index contributed by atoms with van der Waals surface area (Å²) in [5, 5.41) is 0. The molecule has 0 bridgehead atoms. The Balaban J connectivity index is 1.69. The van der Waals surface area contributed by atoms with Gasteiger partial charge < -0.3 is 4.90 Å². The SMILES string of the molecule is O=Cc1c(Br)cccc1N1CC2CC=C(C3CC3)C=C2C1=O. The van der Waals surface area contributed by atoms with Gasteiger partial charge in [-0.1, -0.05) is 12.1 Å². The molecule has 1 aromatic carbocycles. The zero-order valence-corrected chi connectivity index (χ0v) is 13.7. The van der Waals surface area contributed by atoms with Gasteiger partial charge in [0.1, 0.15) is 0 Å². The van der Waals surface area contributed by atoms with E-state index < -0.39 is 0 Å². The minimum absolute atomic E-state index is 0.0532. The van der Waals surface area contributed by atoms with Crippen molar-refractivity contribution < 1.29 is 9.59 Å². The molecule has 2 fully saturated rings. The van der Waals surface area contributed by atoms with Crippen LogP contribution in [0.25, 0.3) is 0 Å². The summed E-state index contributed by atoms with van der Waals surface area (Å²) in [6.07, 6.45) is 8.65. The Hall–Kier alpha value is -1.68. The van der Waals surface area contributed by atoms with E-state index in [1.54, 1.807) is 4.90 Å². The average molecular weight is 358 g/mol. The summed E-state index contributed by atoms with van der Waals surface area (Å²) in [7, 11) is 0. The first-order valence-electron chi connectivity index (χ1n) is 7.66. The van der Waals surface area contributed by atoms with Crippen LogP contribution in [0.5, 0.6) is 0 Å².